The number of carbonyl (C=O) groups is 1. The molecule has 0 bridgehead atoms. The van der Waals surface area contributed by atoms with Gasteiger partial charge in [-0.1, -0.05) is 20.8 Å². The fraction of sp³-hybridized carbons (Fsp3) is 0.923. The number of nitrogens with one attached hydrogen (secondary N) is 1. The van der Waals surface area contributed by atoms with Crippen molar-refractivity contribution in [2.24, 2.45) is 11.8 Å². The molecule has 4 heteroatoms. The summed E-state index contributed by atoms with van der Waals surface area (Å²) < 4.78 is 0. The van der Waals surface area contributed by atoms with Gasteiger partial charge in [-0.2, -0.15) is 0 Å². The van der Waals surface area contributed by atoms with Crippen molar-refractivity contribution >= 4 is 5.91 Å². The van der Waals surface area contributed by atoms with E-state index in [-0.39, 0.29) is 29.9 Å². The van der Waals surface area contributed by atoms with Crippen LogP contribution in [0, 0.1) is 11.8 Å². The van der Waals surface area contributed by atoms with Crippen LogP contribution in [0.1, 0.15) is 33.6 Å². The maximum Gasteiger partial charge on any atom is 0.222 e. The summed E-state index contributed by atoms with van der Waals surface area (Å²) >= 11 is 0. The largest absolute Gasteiger partial charge is 0.393 e. The Morgan fingerprint density at radius 1 is 1.47 bits per heavy atom. The number of hydrogen-bond donors (Lipinski definition) is 2. The third-order valence-corrected chi connectivity index (χ3v) is 3.50. The molecule has 1 heterocycles. The van der Waals surface area contributed by atoms with E-state index in [0.29, 0.717) is 0 Å². The van der Waals surface area contributed by atoms with Gasteiger partial charge in [-0.15, -0.1) is 0 Å². The molecule has 0 aliphatic carbocycles. The summed E-state index contributed by atoms with van der Waals surface area (Å²) in [7, 11) is 2.04. The maximum atomic E-state index is 11.7. The molecule has 0 aromatic carbocycles. The van der Waals surface area contributed by atoms with Gasteiger partial charge in [0.05, 0.1) is 6.10 Å². The molecule has 1 amide bonds. The summed E-state index contributed by atoms with van der Waals surface area (Å²) in [4.78, 5) is 13.9. The van der Waals surface area contributed by atoms with Gasteiger partial charge < -0.3 is 15.3 Å². The molecule has 2 N–H and O–H groups in total. The molecule has 0 spiro atoms. The Hall–Kier alpha value is -0.610. The summed E-state index contributed by atoms with van der Waals surface area (Å²) in [6.07, 6.45) is 1.41. The first-order valence-electron chi connectivity index (χ1n) is 6.61. The zero-order chi connectivity index (χ0) is 13.0. The lowest BCUT2D eigenvalue weighted by Crippen LogP contribution is -2.52. The van der Waals surface area contributed by atoms with Crippen molar-refractivity contribution < 1.29 is 9.90 Å². The highest BCUT2D eigenvalue weighted by Crippen LogP contribution is 2.21. The average Bonchev–Trinajstić information content (AvgIpc) is 2.26. The second kappa shape index (κ2) is 6.36. The van der Waals surface area contributed by atoms with Crippen LogP contribution in [0.2, 0.25) is 0 Å². The second-order valence-corrected chi connectivity index (χ2v) is 5.55. The zero-order valence-electron chi connectivity index (χ0n) is 11.4. The van der Waals surface area contributed by atoms with Crippen LogP contribution in [0.5, 0.6) is 0 Å². The molecule has 1 aliphatic rings. The molecule has 0 aromatic heterocycles. The van der Waals surface area contributed by atoms with Crippen molar-refractivity contribution in [3.63, 3.8) is 0 Å². The monoisotopic (exact) mass is 242 g/mol. The van der Waals surface area contributed by atoms with E-state index in [2.05, 4.69) is 10.2 Å². The standard InChI is InChI=1S/C13H26N2O2/c1-5-12(16)10-6-11(8-15(4)7-10)14-13(17)9(2)3/h9-12,16H,5-8H2,1-4H3,(H,14,17). The summed E-state index contributed by atoms with van der Waals surface area (Å²) in [6.45, 7) is 7.61. The lowest BCUT2D eigenvalue weighted by Gasteiger charge is -2.38. The van der Waals surface area contributed by atoms with Gasteiger partial charge in [0.1, 0.15) is 0 Å². The Labute approximate surface area is 104 Å². The minimum Gasteiger partial charge on any atom is -0.393 e. The van der Waals surface area contributed by atoms with Gasteiger partial charge in [0.25, 0.3) is 0 Å². The Morgan fingerprint density at radius 3 is 2.65 bits per heavy atom. The van der Waals surface area contributed by atoms with E-state index in [0.717, 1.165) is 25.9 Å². The topological polar surface area (TPSA) is 52.6 Å². The molecule has 3 unspecified atom stereocenters. The van der Waals surface area contributed by atoms with Crippen LogP contribution in [0.4, 0.5) is 0 Å². The number of likely N-dealkylation sites (N-methyl/N-ethyl adjacent to an activating group) is 1. The van der Waals surface area contributed by atoms with Gasteiger partial charge in [0.15, 0.2) is 0 Å². The van der Waals surface area contributed by atoms with Crippen LogP contribution in [0.25, 0.3) is 0 Å². The molecule has 100 valence electrons. The van der Waals surface area contributed by atoms with E-state index in [1.165, 1.54) is 0 Å². The summed E-state index contributed by atoms with van der Waals surface area (Å²) in [6, 6.07) is 0.176. The van der Waals surface area contributed by atoms with Crippen molar-refractivity contribution in [2.75, 3.05) is 20.1 Å². The maximum absolute atomic E-state index is 11.7. The van der Waals surface area contributed by atoms with E-state index in [1.54, 1.807) is 0 Å². The van der Waals surface area contributed by atoms with Gasteiger partial charge >= 0.3 is 0 Å². The highest BCUT2D eigenvalue weighted by molar-refractivity contribution is 5.78. The molecule has 3 atom stereocenters. The summed E-state index contributed by atoms with van der Waals surface area (Å²) in [5.74, 6) is 0.406. The van der Waals surface area contributed by atoms with Gasteiger partial charge in [0, 0.05) is 25.0 Å². The van der Waals surface area contributed by atoms with Crippen LogP contribution in [0.15, 0.2) is 0 Å². The van der Waals surface area contributed by atoms with Gasteiger partial charge in [-0.25, -0.2) is 0 Å². The van der Waals surface area contributed by atoms with E-state index >= 15 is 0 Å². The second-order valence-electron chi connectivity index (χ2n) is 5.55. The number of aliphatic hydroxyl groups excluding tert-OH is 1. The van der Waals surface area contributed by atoms with Crippen LogP contribution in [-0.2, 0) is 4.79 Å². The number of aliphatic hydroxyl groups is 1. The number of amides is 1. The van der Waals surface area contributed by atoms with E-state index in [4.69, 9.17) is 0 Å². The number of carbonyl (C=O) groups excluding carboxylic acids is 1. The molecule has 1 aliphatic heterocycles. The Bertz CT molecular complexity index is 256. The molecule has 0 radical (unpaired) electrons. The minimum absolute atomic E-state index is 0.0248. The quantitative estimate of drug-likeness (QED) is 0.768. The highest BCUT2D eigenvalue weighted by Gasteiger charge is 2.30. The first kappa shape index (κ1) is 14.5. The molecular weight excluding hydrogens is 216 g/mol. The molecule has 17 heavy (non-hydrogen) atoms. The SMILES string of the molecule is CCC(O)C1CC(NC(=O)C(C)C)CN(C)C1. The fourth-order valence-electron chi connectivity index (χ4n) is 2.45. The van der Waals surface area contributed by atoms with E-state index < -0.39 is 0 Å². The first-order valence-corrected chi connectivity index (χ1v) is 6.61. The predicted octanol–water partition coefficient (Wildman–Crippen LogP) is 0.850. The average molecular weight is 242 g/mol. The zero-order valence-corrected chi connectivity index (χ0v) is 11.4. The molecule has 1 fully saturated rings. The van der Waals surface area contributed by atoms with E-state index in [1.807, 2.05) is 27.8 Å². The normalized spacial score (nSPS) is 28.1. The van der Waals surface area contributed by atoms with Crippen molar-refractivity contribution in [1.82, 2.24) is 10.2 Å². The van der Waals surface area contributed by atoms with Gasteiger partial charge in [-0.05, 0) is 25.8 Å². The molecule has 1 rings (SSSR count). The number of rotatable bonds is 4. The predicted molar refractivity (Wildman–Crippen MR) is 68.7 cm³/mol. The van der Waals surface area contributed by atoms with Crippen LogP contribution >= 0.6 is 0 Å². The molecule has 0 saturated carbocycles. The number of piperidine rings is 1. The smallest absolute Gasteiger partial charge is 0.222 e. The number of hydrogen-bond acceptors (Lipinski definition) is 3. The van der Waals surface area contributed by atoms with Crippen LogP contribution in [-0.4, -0.2) is 48.2 Å². The molecule has 1 saturated heterocycles. The van der Waals surface area contributed by atoms with Crippen molar-refractivity contribution in [3.8, 4) is 0 Å². The van der Waals surface area contributed by atoms with Crippen LogP contribution in [0.3, 0.4) is 0 Å². The fourth-order valence-corrected chi connectivity index (χ4v) is 2.45. The minimum atomic E-state index is -0.254. The van der Waals surface area contributed by atoms with Crippen molar-refractivity contribution in [1.29, 1.82) is 0 Å². The van der Waals surface area contributed by atoms with Gasteiger partial charge in [-0.3, -0.25) is 4.79 Å². The van der Waals surface area contributed by atoms with Gasteiger partial charge in [0.2, 0.25) is 5.91 Å². The summed E-state index contributed by atoms with van der Waals surface area (Å²) in [5.41, 5.74) is 0. The lowest BCUT2D eigenvalue weighted by molar-refractivity contribution is -0.125. The Morgan fingerprint density at radius 2 is 2.12 bits per heavy atom. The Kier molecular flexibility index (Phi) is 5.40. The summed E-state index contributed by atoms with van der Waals surface area (Å²) in [5, 5.41) is 13.0. The van der Waals surface area contributed by atoms with Crippen LogP contribution < -0.4 is 5.32 Å². The molecule has 4 nitrogen and oxygen atoms in total. The lowest BCUT2D eigenvalue weighted by atomic mass is 9.88. The van der Waals surface area contributed by atoms with Crippen molar-refractivity contribution in [3.05, 3.63) is 0 Å². The third-order valence-electron chi connectivity index (χ3n) is 3.50. The molecular formula is C13H26N2O2. The first-order chi connectivity index (χ1) is 7.93. The third kappa shape index (κ3) is 4.28. The number of nitrogens with zero attached hydrogens (tertiary/aromatic N) is 1. The molecule has 0 aromatic rings. The Balaban J connectivity index is 2.53. The highest BCUT2D eigenvalue weighted by atomic mass is 16.3. The number of likely N-dealkylation sites (tertiary alicyclic amines) is 1. The van der Waals surface area contributed by atoms with E-state index in [9.17, 15) is 9.90 Å². The van der Waals surface area contributed by atoms with Crippen molar-refractivity contribution in [2.45, 2.75) is 45.8 Å².